The predicted molar refractivity (Wildman–Crippen MR) is 112 cm³/mol. The zero-order valence-electron chi connectivity index (χ0n) is 14.8. The Kier molecular flexibility index (Phi) is 6.71. The number of amides is 1. The van der Waals surface area contributed by atoms with Crippen LogP contribution in [0.3, 0.4) is 0 Å². The molecule has 0 spiro atoms. The highest BCUT2D eigenvalue weighted by Gasteiger charge is 2.17. The van der Waals surface area contributed by atoms with E-state index in [1.165, 1.54) is 11.8 Å². The molecule has 3 aromatic rings. The number of rotatable bonds is 8. The molecule has 2 heterocycles. The van der Waals surface area contributed by atoms with Gasteiger partial charge < -0.3 is 9.47 Å². The van der Waals surface area contributed by atoms with E-state index in [9.17, 15) is 4.79 Å². The van der Waals surface area contributed by atoms with Gasteiger partial charge in [-0.1, -0.05) is 35.5 Å². The fourth-order valence-corrected chi connectivity index (χ4v) is 4.17. The Morgan fingerprint density at radius 1 is 1.33 bits per heavy atom. The third-order valence-corrected chi connectivity index (χ3v) is 6.01. The minimum atomic E-state index is 0.0457. The summed E-state index contributed by atoms with van der Waals surface area (Å²) in [7, 11) is 1.89. The quantitative estimate of drug-likeness (QED) is 0.399. The molecule has 1 aromatic carbocycles. The maximum atomic E-state index is 12.6. The van der Waals surface area contributed by atoms with Gasteiger partial charge in [0.1, 0.15) is 0 Å². The van der Waals surface area contributed by atoms with Gasteiger partial charge in [0, 0.05) is 29.1 Å². The topological polar surface area (TPSA) is 51.0 Å². The van der Waals surface area contributed by atoms with Gasteiger partial charge in [-0.15, -0.1) is 28.1 Å². The second kappa shape index (κ2) is 9.21. The number of hydrogen-bond acceptors (Lipinski definition) is 5. The Hall–Kier alpha value is -2.09. The van der Waals surface area contributed by atoms with Crippen LogP contribution in [0.25, 0.3) is 11.4 Å². The van der Waals surface area contributed by atoms with Gasteiger partial charge >= 0.3 is 0 Å². The highest BCUT2D eigenvalue weighted by atomic mass is 35.5. The van der Waals surface area contributed by atoms with Crippen molar-refractivity contribution in [3.8, 4) is 11.4 Å². The molecule has 27 heavy (non-hydrogen) atoms. The van der Waals surface area contributed by atoms with Crippen LogP contribution in [0.15, 0.2) is 59.6 Å². The Morgan fingerprint density at radius 2 is 2.11 bits per heavy atom. The summed E-state index contributed by atoms with van der Waals surface area (Å²) in [6.45, 7) is 4.87. The van der Waals surface area contributed by atoms with E-state index < -0.39 is 0 Å². The van der Waals surface area contributed by atoms with Gasteiger partial charge in [0.25, 0.3) is 0 Å². The maximum absolute atomic E-state index is 12.6. The third-order valence-electron chi connectivity index (χ3n) is 3.89. The van der Waals surface area contributed by atoms with E-state index in [4.69, 9.17) is 11.6 Å². The van der Waals surface area contributed by atoms with E-state index in [-0.39, 0.29) is 5.91 Å². The summed E-state index contributed by atoms with van der Waals surface area (Å²) in [5.41, 5.74) is 0.929. The van der Waals surface area contributed by atoms with Gasteiger partial charge in [-0.25, -0.2) is 0 Å². The van der Waals surface area contributed by atoms with Crippen LogP contribution < -0.4 is 0 Å². The number of carbonyl (C=O) groups is 1. The van der Waals surface area contributed by atoms with E-state index in [0.29, 0.717) is 29.0 Å². The van der Waals surface area contributed by atoms with Crippen LogP contribution in [0.4, 0.5) is 0 Å². The van der Waals surface area contributed by atoms with E-state index in [0.717, 1.165) is 16.3 Å². The molecule has 3 rings (SSSR count). The summed E-state index contributed by atoms with van der Waals surface area (Å²) in [5.74, 6) is 1.08. The Labute approximate surface area is 171 Å². The molecule has 0 bridgehead atoms. The SMILES string of the molecule is C=CCN(Cc1cccs1)C(=O)CSc1nnc(-c2ccc(Cl)cc2)n1C. The smallest absolute Gasteiger partial charge is 0.233 e. The highest BCUT2D eigenvalue weighted by Crippen LogP contribution is 2.24. The molecule has 5 nitrogen and oxygen atoms in total. The third kappa shape index (κ3) is 5.00. The number of carbonyl (C=O) groups excluding carboxylic acids is 1. The Bertz CT molecular complexity index is 906. The number of thiophene rings is 1. The summed E-state index contributed by atoms with van der Waals surface area (Å²) in [6, 6.07) is 11.5. The molecule has 0 N–H and O–H groups in total. The summed E-state index contributed by atoms with van der Waals surface area (Å²) < 4.78 is 1.89. The molecule has 0 aliphatic carbocycles. The first kappa shape index (κ1) is 19.7. The van der Waals surface area contributed by atoms with Crippen molar-refractivity contribution in [2.75, 3.05) is 12.3 Å². The standard InChI is InChI=1S/C19H19ClN4OS2/c1-3-10-24(12-16-5-4-11-26-16)17(25)13-27-19-22-21-18(23(19)2)14-6-8-15(20)9-7-14/h3-9,11H,1,10,12-13H2,2H3. The molecule has 0 fully saturated rings. The molecule has 0 unspecified atom stereocenters. The zero-order valence-corrected chi connectivity index (χ0v) is 17.2. The van der Waals surface area contributed by atoms with E-state index in [1.54, 1.807) is 22.3 Å². The van der Waals surface area contributed by atoms with Crippen LogP contribution in [0, 0.1) is 0 Å². The minimum absolute atomic E-state index is 0.0457. The van der Waals surface area contributed by atoms with Crippen LogP contribution in [0.5, 0.6) is 0 Å². The van der Waals surface area contributed by atoms with Gasteiger partial charge in [-0.2, -0.15) is 0 Å². The first-order chi connectivity index (χ1) is 13.1. The molecule has 0 aliphatic rings. The summed E-state index contributed by atoms with van der Waals surface area (Å²) in [5, 5.41) is 11.9. The zero-order chi connectivity index (χ0) is 19.2. The van der Waals surface area contributed by atoms with Crippen LogP contribution in [0.2, 0.25) is 5.02 Å². The van der Waals surface area contributed by atoms with Crippen LogP contribution in [-0.2, 0) is 18.4 Å². The van der Waals surface area contributed by atoms with E-state index in [1.807, 2.05) is 53.4 Å². The largest absolute Gasteiger partial charge is 0.333 e. The van der Waals surface area contributed by atoms with Crippen molar-refractivity contribution >= 4 is 40.6 Å². The van der Waals surface area contributed by atoms with Gasteiger partial charge in [-0.3, -0.25) is 4.79 Å². The van der Waals surface area contributed by atoms with Crippen molar-refractivity contribution in [1.29, 1.82) is 0 Å². The first-order valence-electron chi connectivity index (χ1n) is 8.27. The van der Waals surface area contributed by atoms with Gasteiger partial charge in [0.15, 0.2) is 11.0 Å². The average molecular weight is 419 g/mol. The number of hydrogen-bond donors (Lipinski definition) is 0. The van der Waals surface area contributed by atoms with E-state index >= 15 is 0 Å². The molecular weight excluding hydrogens is 400 g/mol. The predicted octanol–water partition coefficient (Wildman–Crippen LogP) is 4.50. The number of thioether (sulfide) groups is 1. The molecule has 140 valence electrons. The molecule has 1 amide bonds. The molecule has 0 radical (unpaired) electrons. The normalized spacial score (nSPS) is 10.7. The average Bonchev–Trinajstić information content (AvgIpc) is 3.30. The Balaban J connectivity index is 1.65. The highest BCUT2D eigenvalue weighted by molar-refractivity contribution is 7.99. The fraction of sp³-hybridized carbons (Fsp3) is 0.211. The van der Waals surface area contributed by atoms with Gasteiger partial charge in [-0.05, 0) is 35.7 Å². The second-order valence-electron chi connectivity index (χ2n) is 5.80. The number of halogens is 1. The van der Waals surface area contributed by atoms with Crippen molar-refractivity contribution in [3.63, 3.8) is 0 Å². The summed E-state index contributed by atoms with van der Waals surface area (Å²) in [6.07, 6.45) is 1.75. The number of nitrogens with zero attached hydrogens (tertiary/aromatic N) is 4. The lowest BCUT2D eigenvalue weighted by Gasteiger charge is -2.20. The molecule has 0 saturated carbocycles. The molecule has 2 aromatic heterocycles. The van der Waals surface area contributed by atoms with Crippen molar-refractivity contribution < 1.29 is 4.79 Å². The first-order valence-corrected chi connectivity index (χ1v) is 10.5. The minimum Gasteiger partial charge on any atom is -0.333 e. The second-order valence-corrected chi connectivity index (χ2v) is 8.21. The monoisotopic (exact) mass is 418 g/mol. The summed E-state index contributed by atoms with van der Waals surface area (Å²) in [4.78, 5) is 15.6. The maximum Gasteiger partial charge on any atom is 0.233 e. The van der Waals surface area contributed by atoms with Crippen molar-refractivity contribution in [3.05, 3.63) is 64.3 Å². The molecular formula is C19H19ClN4OS2. The van der Waals surface area contributed by atoms with E-state index in [2.05, 4.69) is 16.8 Å². The number of aromatic nitrogens is 3. The van der Waals surface area contributed by atoms with Crippen LogP contribution in [-0.4, -0.2) is 37.9 Å². The van der Waals surface area contributed by atoms with Crippen molar-refractivity contribution in [1.82, 2.24) is 19.7 Å². The van der Waals surface area contributed by atoms with Gasteiger partial charge in [0.05, 0.1) is 12.3 Å². The lowest BCUT2D eigenvalue weighted by atomic mass is 10.2. The lowest BCUT2D eigenvalue weighted by Crippen LogP contribution is -2.31. The molecule has 0 saturated heterocycles. The van der Waals surface area contributed by atoms with Crippen molar-refractivity contribution in [2.24, 2.45) is 7.05 Å². The fourth-order valence-electron chi connectivity index (χ4n) is 2.51. The molecule has 0 aliphatic heterocycles. The lowest BCUT2D eigenvalue weighted by molar-refractivity contribution is -0.128. The van der Waals surface area contributed by atoms with Gasteiger partial charge in [0.2, 0.25) is 5.91 Å². The van der Waals surface area contributed by atoms with Crippen LogP contribution in [0.1, 0.15) is 4.88 Å². The van der Waals surface area contributed by atoms with Crippen LogP contribution >= 0.6 is 34.7 Å². The summed E-state index contributed by atoms with van der Waals surface area (Å²) >= 11 is 8.96. The molecule has 0 atom stereocenters. The Morgan fingerprint density at radius 3 is 2.78 bits per heavy atom. The van der Waals surface area contributed by atoms with Crippen molar-refractivity contribution in [2.45, 2.75) is 11.7 Å². The molecule has 8 heteroatoms. The number of benzene rings is 1.